The minimum atomic E-state index is -3.20. The second kappa shape index (κ2) is 8.14. The number of hydrogen-bond acceptors (Lipinski definition) is 4. The molecule has 0 aromatic heterocycles. The number of amides is 1. The standard InChI is InChI=1S/C15H24N2O4S/c1-5-17(6-2)15(18)12-21-14-9-7-13(8-10-14)11-16(3)22(4,19)20/h7-10H,5-6,11-12H2,1-4H3. The molecule has 0 bridgehead atoms. The molecule has 0 fully saturated rings. The molecule has 1 amide bonds. The topological polar surface area (TPSA) is 66.9 Å². The van der Waals surface area contributed by atoms with Gasteiger partial charge in [0, 0.05) is 26.7 Å². The minimum absolute atomic E-state index is 0.00423. The average molecular weight is 328 g/mol. The van der Waals surface area contributed by atoms with Crippen molar-refractivity contribution < 1.29 is 17.9 Å². The van der Waals surface area contributed by atoms with E-state index >= 15 is 0 Å². The molecule has 1 aromatic carbocycles. The molecule has 0 unspecified atom stereocenters. The highest BCUT2D eigenvalue weighted by atomic mass is 32.2. The fourth-order valence-corrected chi connectivity index (χ4v) is 2.26. The Morgan fingerprint density at radius 3 is 2.14 bits per heavy atom. The van der Waals surface area contributed by atoms with E-state index in [1.54, 1.807) is 29.2 Å². The summed E-state index contributed by atoms with van der Waals surface area (Å²) in [5.74, 6) is 0.539. The number of benzene rings is 1. The Kier molecular flexibility index (Phi) is 6.83. The minimum Gasteiger partial charge on any atom is -0.484 e. The van der Waals surface area contributed by atoms with Gasteiger partial charge >= 0.3 is 0 Å². The highest BCUT2D eigenvalue weighted by Crippen LogP contribution is 2.14. The molecule has 0 spiro atoms. The molecule has 0 atom stereocenters. The van der Waals surface area contributed by atoms with E-state index in [1.807, 2.05) is 13.8 Å². The molecule has 1 rings (SSSR count). The number of nitrogens with zero attached hydrogens (tertiary/aromatic N) is 2. The summed E-state index contributed by atoms with van der Waals surface area (Å²) in [5, 5.41) is 0. The zero-order valence-electron chi connectivity index (χ0n) is 13.6. The third kappa shape index (κ3) is 5.65. The first-order valence-corrected chi connectivity index (χ1v) is 9.03. The van der Waals surface area contributed by atoms with E-state index < -0.39 is 10.0 Å². The van der Waals surface area contributed by atoms with Crippen LogP contribution in [-0.4, -0.2) is 56.5 Å². The molecule has 0 heterocycles. The van der Waals surface area contributed by atoms with Crippen molar-refractivity contribution in [2.75, 3.05) is 33.0 Å². The third-order valence-corrected chi connectivity index (χ3v) is 4.63. The summed E-state index contributed by atoms with van der Waals surface area (Å²) in [6.45, 7) is 5.48. The Bertz CT molecular complexity index is 580. The van der Waals surface area contributed by atoms with Gasteiger partial charge in [0.2, 0.25) is 10.0 Å². The monoisotopic (exact) mass is 328 g/mol. The van der Waals surface area contributed by atoms with E-state index in [2.05, 4.69) is 0 Å². The van der Waals surface area contributed by atoms with Crippen molar-refractivity contribution in [2.24, 2.45) is 0 Å². The van der Waals surface area contributed by atoms with Crippen LogP contribution >= 0.6 is 0 Å². The van der Waals surface area contributed by atoms with Crippen molar-refractivity contribution >= 4 is 15.9 Å². The summed E-state index contributed by atoms with van der Waals surface area (Å²) in [7, 11) is -1.67. The van der Waals surface area contributed by atoms with Gasteiger partial charge in [-0.1, -0.05) is 12.1 Å². The van der Waals surface area contributed by atoms with Gasteiger partial charge < -0.3 is 9.64 Å². The molecule has 0 aliphatic rings. The zero-order valence-corrected chi connectivity index (χ0v) is 14.4. The summed E-state index contributed by atoms with van der Waals surface area (Å²) in [6, 6.07) is 7.06. The fraction of sp³-hybridized carbons (Fsp3) is 0.533. The SMILES string of the molecule is CCN(CC)C(=O)COc1ccc(CN(C)S(C)(=O)=O)cc1. The largest absolute Gasteiger partial charge is 0.484 e. The zero-order chi connectivity index (χ0) is 16.8. The van der Waals surface area contributed by atoms with Crippen molar-refractivity contribution in [2.45, 2.75) is 20.4 Å². The van der Waals surface area contributed by atoms with Gasteiger partial charge in [0.15, 0.2) is 6.61 Å². The maximum absolute atomic E-state index is 11.8. The first kappa shape index (κ1) is 18.4. The number of sulfonamides is 1. The lowest BCUT2D eigenvalue weighted by atomic mass is 10.2. The highest BCUT2D eigenvalue weighted by Gasteiger charge is 2.12. The highest BCUT2D eigenvalue weighted by molar-refractivity contribution is 7.88. The van der Waals surface area contributed by atoms with E-state index in [1.165, 1.54) is 17.6 Å². The Labute approximate surface area is 132 Å². The van der Waals surface area contributed by atoms with E-state index in [0.717, 1.165) is 5.56 Å². The smallest absolute Gasteiger partial charge is 0.260 e. The van der Waals surface area contributed by atoms with Crippen molar-refractivity contribution in [3.63, 3.8) is 0 Å². The third-order valence-electron chi connectivity index (χ3n) is 3.37. The summed E-state index contributed by atoms with van der Waals surface area (Å²) in [6.07, 6.45) is 1.17. The molecule has 0 aliphatic carbocycles. The van der Waals surface area contributed by atoms with Crippen LogP contribution in [0.1, 0.15) is 19.4 Å². The molecule has 0 radical (unpaired) electrons. The van der Waals surface area contributed by atoms with E-state index in [9.17, 15) is 13.2 Å². The molecule has 0 aliphatic heterocycles. The number of ether oxygens (including phenoxy) is 1. The van der Waals surface area contributed by atoms with Crippen LogP contribution in [0.3, 0.4) is 0 Å². The molecule has 124 valence electrons. The second-order valence-electron chi connectivity index (χ2n) is 5.02. The molecule has 6 nitrogen and oxygen atoms in total. The van der Waals surface area contributed by atoms with Gasteiger partial charge in [0.25, 0.3) is 5.91 Å². The average Bonchev–Trinajstić information content (AvgIpc) is 2.46. The predicted molar refractivity (Wildman–Crippen MR) is 86.2 cm³/mol. The van der Waals surface area contributed by atoms with Crippen molar-refractivity contribution in [1.29, 1.82) is 0 Å². The summed E-state index contributed by atoms with van der Waals surface area (Å²) in [4.78, 5) is 13.5. The fourth-order valence-electron chi connectivity index (χ4n) is 1.88. The number of likely N-dealkylation sites (N-methyl/N-ethyl adjacent to an activating group) is 1. The van der Waals surface area contributed by atoms with Gasteiger partial charge in [-0.25, -0.2) is 12.7 Å². The Hall–Kier alpha value is -1.60. The van der Waals surface area contributed by atoms with Crippen LogP contribution in [0.2, 0.25) is 0 Å². The Morgan fingerprint density at radius 1 is 1.14 bits per heavy atom. The van der Waals surface area contributed by atoms with Crippen LogP contribution in [0, 0.1) is 0 Å². The van der Waals surface area contributed by atoms with Crippen LogP contribution in [0.15, 0.2) is 24.3 Å². The molecule has 0 saturated carbocycles. The van der Waals surface area contributed by atoms with E-state index in [0.29, 0.717) is 25.4 Å². The van der Waals surface area contributed by atoms with Gasteiger partial charge in [0.1, 0.15) is 5.75 Å². The van der Waals surface area contributed by atoms with Gasteiger partial charge in [-0.3, -0.25) is 4.79 Å². The predicted octanol–water partition coefficient (Wildman–Crippen LogP) is 1.33. The lowest BCUT2D eigenvalue weighted by Crippen LogP contribution is -2.34. The molecular weight excluding hydrogens is 304 g/mol. The van der Waals surface area contributed by atoms with Crippen LogP contribution in [0.5, 0.6) is 5.75 Å². The number of rotatable bonds is 8. The van der Waals surface area contributed by atoms with Crippen LogP contribution in [0.4, 0.5) is 0 Å². The number of carbonyl (C=O) groups is 1. The molecular formula is C15H24N2O4S. The first-order chi connectivity index (χ1) is 10.3. The second-order valence-corrected chi connectivity index (χ2v) is 7.11. The lowest BCUT2D eigenvalue weighted by Gasteiger charge is -2.18. The normalized spacial score (nSPS) is 11.5. The maximum Gasteiger partial charge on any atom is 0.260 e. The van der Waals surface area contributed by atoms with Gasteiger partial charge in [-0.15, -0.1) is 0 Å². The van der Waals surface area contributed by atoms with Crippen LogP contribution in [0.25, 0.3) is 0 Å². The molecule has 22 heavy (non-hydrogen) atoms. The summed E-state index contributed by atoms with van der Waals surface area (Å²) < 4.78 is 29.4. The van der Waals surface area contributed by atoms with Crippen molar-refractivity contribution in [3.05, 3.63) is 29.8 Å². The van der Waals surface area contributed by atoms with Gasteiger partial charge in [-0.05, 0) is 31.5 Å². The molecule has 0 saturated heterocycles. The van der Waals surface area contributed by atoms with Gasteiger partial charge in [0.05, 0.1) is 6.26 Å². The quantitative estimate of drug-likeness (QED) is 0.722. The lowest BCUT2D eigenvalue weighted by molar-refractivity contribution is -0.132. The molecule has 0 N–H and O–H groups in total. The number of hydrogen-bond donors (Lipinski definition) is 0. The Morgan fingerprint density at radius 2 is 1.68 bits per heavy atom. The molecule has 7 heteroatoms. The van der Waals surface area contributed by atoms with Crippen LogP contribution < -0.4 is 4.74 Å². The Balaban J connectivity index is 2.57. The maximum atomic E-state index is 11.8. The number of carbonyl (C=O) groups excluding carboxylic acids is 1. The van der Waals surface area contributed by atoms with E-state index in [4.69, 9.17) is 4.74 Å². The summed E-state index contributed by atoms with van der Waals surface area (Å²) >= 11 is 0. The van der Waals surface area contributed by atoms with Crippen molar-refractivity contribution in [1.82, 2.24) is 9.21 Å². The van der Waals surface area contributed by atoms with E-state index in [-0.39, 0.29) is 12.5 Å². The van der Waals surface area contributed by atoms with Gasteiger partial charge in [-0.2, -0.15) is 0 Å². The van der Waals surface area contributed by atoms with Crippen molar-refractivity contribution in [3.8, 4) is 5.75 Å². The summed E-state index contributed by atoms with van der Waals surface area (Å²) in [5.41, 5.74) is 0.857. The first-order valence-electron chi connectivity index (χ1n) is 7.18. The van der Waals surface area contributed by atoms with Crippen LogP contribution in [-0.2, 0) is 21.4 Å². The molecule has 1 aromatic rings.